The fourth-order valence-corrected chi connectivity index (χ4v) is 6.64. The number of carbonyl (C=O) groups excluding carboxylic acids is 2. The summed E-state index contributed by atoms with van der Waals surface area (Å²) in [7, 11) is -4.17. The molecule has 2 aliphatic heterocycles. The van der Waals surface area contributed by atoms with Crippen molar-refractivity contribution in [1.29, 1.82) is 0 Å². The molecule has 2 fully saturated rings. The third-order valence-electron chi connectivity index (χ3n) is 7.10. The molecule has 5 rings (SSSR count). The molecule has 0 spiro atoms. The van der Waals surface area contributed by atoms with Gasteiger partial charge in [0, 0.05) is 38.5 Å². The van der Waals surface area contributed by atoms with Crippen molar-refractivity contribution in [2.45, 2.75) is 36.8 Å². The zero-order chi connectivity index (χ0) is 28.3. The number of urea groups is 1. The number of hydrogen-bond acceptors (Lipinski definition) is 6. The molecule has 2 saturated heterocycles. The number of aromatic nitrogens is 2. The van der Waals surface area contributed by atoms with Crippen LogP contribution in [-0.2, 0) is 19.6 Å². The average Bonchev–Trinajstić information content (AvgIpc) is 3.63. The van der Waals surface area contributed by atoms with Gasteiger partial charge in [0.25, 0.3) is 0 Å². The monoisotopic (exact) mass is 570 g/mol. The minimum atomic E-state index is -4.17. The number of nitrogens with zero attached hydrogens (tertiary/aromatic N) is 4. The lowest BCUT2D eigenvalue weighted by molar-refractivity contribution is -0.126. The first-order valence-electron chi connectivity index (χ1n) is 13.1. The van der Waals surface area contributed by atoms with Crippen LogP contribution < -0.4 is 10.6 Å². The van der Waals surface area contributed by atoms with E-state index in [2.05, 4.69) is 15.7 Å². The predicted octanol–water partition coefficient (Wildman–Crippen LogP) is 2.52. The molecular formula is C27H31FN6O5S. The van der Waals surface area contributed by atoms with Gasteiger partial charge in [0.2, 0.25) is 15.9 Å². The van der Waals surface area contributed by atoms with Crippen molar-refractivity contribution < 1.29 is 27.1 Å². The zero-order valence-electron chi connectivity index (χ0n) is 22.0. The minimum absolute atomic E-state index is 0.0162. The first-order valence-corrected chi connectivity index (χ1v) is 14.5. The number of nitrogens with one attached hydrogen (secondary N) is 2. The van der Waals surface area contributed by atoms with E-state index < -0.39 is 33.8 Å². The van der Waals surface area contributed by atoms with E-state index in [1.54, 1.807) is 6.92 Å². The molecule has 2 atom stereocenters. The van der Waals surface area contributed by atoms with Crippen LogP contribution in [0.5, 0.6) is 0 Å². The summed E-state index contributed by atoms with van der Waals surface area (Å²) in [5.41, 5.74) is 1.49. The topological polar surface area (TPSA) is 126 Å². The van der Waals surface area contributed by atoms with Gasteiger partial charge in [-0.25, -0.2) is 22.3 Å². The van der Waals surface area contributed by atoms with Crippen molar-refractivity contribution in [2.24, 2.45) is 0 Å². The number of piperazine rings is 1. The van der Waals surface area contributed by atoms with Gasteiger partial charge < -0.3 is 20.3 Å². The normalized spacial score (nSPS) is 19.9. The molecular weight excluding hydrogens is 539 g/mol. The van der Waals surface area contributed by atoms with Crippen LogP contribution in [0.1, 0.15) is 18.5 Å². The van der Waals surface area contributed by atoms with E-state index in [4.69, 9.17) is 4.74 Å². The summed E-state index contributed by atoms with van der Waals surface area (Å²) < 4.78 is 49.4. The highest BCUT2D eigenvalue weighted by Gasteiger charge is 2.42. The quantitative estimate of drug-likeness (QED) is 0.450. The lowest BCUT2D eigenvalue weighted by Gasteiger charge is -2.39. The number of carbonyl (C=O) groups is 2. The molecule has 13 heteroatoms. The zero-order valence-corrected chi connectivity index (χ0v) is 22.8. The number of ether oxygens (including phenoxy) is 1. The number of sulfonamides is 1. The molecule has 0 aliphatic carbocycles. The Bertz CT molecular complexity index is 1460. The first-order chi connectivity index (χ1) is 19.2. The lowest BCUT2D eigenvalue weighted by Crippen LogP contribution is -2.62. The second-order valence-corrected chi connectivity index (χ2v) is 11.6. The van der Waals surface area contributed by atoms with E-state index in [1.807, 2.05) is 30.3 Å². The predicted molar refractivity (Wildman–Crippen MR) is 145 cm³/mol. The Morgan fingerprint density at radius 2 is 1.85 bits per heavy atom. The molecule has 212 valence electrons. The van der Waals surface area contributed by atoms with Crippen LogP contribution in [0.2, 0.25) is 0 Å². The van der Waals surface area contributed by atoms with E-state index >= 15 is 0 Å². The number of anilines is 1. The van der Waals surface area contributed by atoms with Crippen LogP contribution in [0, 0.1) is 12.7 Å². The second kappa shape index (κ2) is 11.7. The van der Waals surface area contributed by atoms with Gasteiger partial charge in [-0.2, -0.15) is 9.40 Å². The van der Waals surface area contributed by atoms with E-state index in [0.717, 1.165) is 17.1 Å². The summed E-state index contributed by atoms with van der Waals surface area (Å²) in [6, 6.07) is 12.7. The molecule has 0 radical (unpaired) electrons. The van der Waals surface area contributed by atoms with Crippen molar-refractivity contribution in [2.75, 3.05) is 38.1 Å². The summed E-state index contributed by atoms with van der Waals surface area (Å²) in [5, 5.41) is 9.79. The fraction of sp³-hybridized carbons (Fsp3) is 0.370. The van der Waals surface area contributed by atoms with Crippen LogP contribution in [0.3, 0.4) is 0 Å². The molecule has 3 heterocycles. The summed E-state index contributed by atoms with van der Waals surface area (Å²) in [5.74, 6) is -0.961. The molecule has 2 aliphatic rings. The molecule has 2 unspecified atom stereocenters. The van der Waals surface area contributed by atoms with Gasteiger partial charge in [0.1, 0.15) is 16.8 Å². The van der Waals surface area contributed by atoms with Gasteiger partial charge in [-0.3, -0.25) is 4.79 Å². The summed E-state index contributed by atoms with van der Waals surface area (Å²) in [6.45, 7) is 2.30. The van der Waals surface area contributed by atoms with Crippen molar-refractivity contribution >= 4 is 27.6 Å². The molecule has 0 bridgehead atoms. The van der Waals surface area contributed by atoms with Crippen molar-refractivity contribution in [3.05, 3.63) is 72.3 Å². The maximum absolute atomic E-state index is 13.9. The summed E-state index contributed by atoms with van der Waals surface area (Å²) >= 11 is 0. The Hall–Kier alpha value is -3.81. The van der Waals surface area contributed by atoms with Gasteiger partial charge in [-0.1, -0.05) is 18.2 Å². The first kappa shape index (κ1) is 27.7. The maximum atomic E-state index is 13.9. The summed E-state index contributed by atoms with van der Waals surface area (Å²) in [4.78, 5) is 27.8. The average molecular weight is 571 g/mol. The Kier molecular flexibility index (Phi) is 8.14. The minimum Gasteiger partial charge on any atom is -0.376 e. The highest BCUT2D eigenvalue weighted by Crippen LogP contribution is 2.26. The largest absolute Gasteiger partial charge is 0.376 e. The highest BCUT2D eigenvalue weighted by molar-refractivity contribution is 7.89. The van der Waals surface area contributed by atoms with Crippen LogP contribution in [0.15, 0.2) is 65.7 Å². The molecule has 11 nitrogen and oxygen atoms in total. The van der Waals surface area contributed by atoms with Crippen LogP contribution >= 0.6 is 0 Å². The highest BCUT2D eigenvalue weighted by atomic mass is 32.2. The van der Waals surface area contributed by atoms with Gasteiger partial charge in [0.05, 0.1) is 23.7 Å². The third-order valence-corrected chi connectivity index (χ3v) is 9.11. The van der Waals surface area contributed by atoms with E-state index in [-0.39, 0.29) is 37.2 Å². The Labute approximate surface area is 232 Å². The smallest absolute Gasteiger partial charge is 0.321 e. The van der Waals surface area contributed by atoms with Gasteiger partial charge in [-0.05, 0) is 56.2 Å². The molecule has 3 aromatic rings. The van der Waals surface area contributed by atoms with Gasteiger partial charge >= 0.3 is 6.03 Å². The number of rotatable bonds is 7. The number of halogens is 1. The number of amides is 3. The van der Waals surface area contributed by atoms with Gasteiger partial charge in [0.15, 0.2) is 0 Å². The number of hydrogen-bond donors (Lipinski definition) is 2. The number of para-hydroxylation sites is 1. The molecule has 2 aromatic carbocycles. The van der Waals surface area contributed by atoms with E-state index in [1.165, 1.54) is 40.0 Å². The molecule has 2 N–H and O–H groups in total. The fourth-order valence-electron chi connectivity index (χ4n) is 4.93. The Morgan fingerprint density at radius 1 is 1.10 bits per heavy atom. The SMILES string of the molecule is Cc1c(S(=O)(=O)N2CCN(C(=O)Nc3ccc(F)cc3)CC2C(=O)NCC2CCCO2)cnn1-c1ccccc1. The second-order valence-electron chi connectivity index (χ2n) is 9.74. The standard InChI is InChI=1S/C27H31FN6O5S/c1-19-25(17-30-34(19)22-6-3-2-4-7-22)40(37,38)33-14-13-32(27(36)31-21-11-9-20(28)10-12-21)18-24(33)26(35)29-16-23-8-5-15-39-23/h2-4,6-7,9-12,17,23-24H,5,8,13-16,18H2,1H3,(H,29,35)(H,31,36). The third kappa shape index (κ3) is 5.86. The molecule has 1 aromatic heterocycles. The van der Waals surface area contributed by atoms with Crippen LogP contribution in [0.25, 0.3) is 5.69 Å². The van der Waals surface area contributed by atoms with E-state index in [9.17, 15) is 22.4 Å². The molecule has 40 heavy (non-hydrogen) atoms. The van der Waals surface area contributed by atoms with Gasteiger partial charge in [-0.15, -0.1) is 0 Å². The van der Waals surface area contributed by atoms with Crippen LogP contribution in [-0.4, -0.2) is 84.3 Å². The van der Waals surface area contributed by atoms with E-state index in [0.29, 0.717) is 23.7 Å². The molecule has 3 amide bonds. The van der Waals surface area contributed by atoms with Crippen molar-refractivity contribution in [3.8, 4) is 5.69 Å². The number of benzene rings is 2. The summed E-state index contributed by atoms with van der Waals surface area (Å²) in [6.07, 6.45) is 2.85. The lowest BCUT2D eigenvalue weighted by atomic mass is 10.2. The van der Waals surface area contributed by atoms with Crippen molar-refractivity contribution in [1.82, 2.24) is 24.3 Å². The van der Waals surface area contributed by atoms with Crippen molar-refractivity contribution in [3.63, 3.8) is 0 Å². The Morgan fingerprint density at radius 3 is 2.55 bits per heavy atom. The maximum Gasteiger partial charge on any atom is 0.321 e. The molecule has 0 saturated carbocycles. The Balaban J connectivity index is 1.39. The van der Waals surface area contributed by atoms with Crippen LogP contribution in [0.4, 0.5) is 14.9 Å².